The minimum Gasteiger partial charge on any atom is -0.331 e. The molecule has 0 aromatic carbocycles. The molecule has 0 fully saturated rings. The summed E-state index contributed by atoms with van der Waals surface area (Å²) in [6.45, 7) is 2.88. The average Bonchev–Trinajstić information content (AvgIpc) is 1.61. The zero-order valence-electron chi connectivity index (χ0n) is 4.78. The molecular formula is C5H12NU-. The predicted molar refractivity (Wildman–Crippen MR) is 28.3 cm³/mol. The summed E-state index contributed by atoms with van der Waals surface area (Å²) in [6.07, 6.45) is 4.43. The molecule has 0 spiro atoms. The minimum atomic E-state index is 0. The molecule has 0 saturated carbocycles. The van der Waals surface area contributed by atoms with Crippen molar-refractivity contribution in [2.75, 3.05) is 6.54 Å². The fraction of sp³-hybridized carbons (Fsp3) is 0.800. The van der Waals surface area contributed by atoms with Crippen molar-refractivity contribution >= 4 is 0 Å². The second kappa shape index (κ2) is 10.1. The van der Waals surface area contributed by atoms with E-state index in [1.54, 1.807) is 0 Å². The van der Waals surface area contributed by atoms with Gasteiger partial charge in [-0.3, -0.25) is 0 Å². The molecule has 0 bridgehead atoms. The van der Waals surface area contributed by atoms with E-state index in [0.29, 0.717) is 0 Å². The molecule has 0 heterocycles. The molecule has 0 radical (unpaired) electrons. The second-order valence-corrected chi connectivity index (χ2v) is 1.34. The number of unbranched alkanes of at least 4 members (excludes halogenated alkanes) is 2. The summed E-state index contributed by atoms with van der Waals surface area (Å²) < 4.78 is 0. The molecule has 42 valence electrons. The maximum atomic E-state index is 5.19. The van der Waals surface area contributed by atoms with Gasteiger partial charge < -0.3 is 12.2 Å². The quantitative estimate of drug-likeness (QED) is 0.607. The fourth-order valence-corrected chi connectivity index (χ4v) is 0.322. The van der Waals surface area contributed by atoms with Crippen LogP contribution in [0, 0.1) is 37.5 Å². The van der Waals surface area contributed by atoms with E-state index in [0.717, 1.165) is 19.4 Å². The average molecular weight is 324 g/mol. The van der Waals surface area contributed by atoms with Crippen LogP contribution >= 0.6 is 0 Å². The zero-order valence-corrected chi connectivity index (χ0v) is 8.94. The van der Waals surface area contributed by atoms with E-state index in [2.05, 4.69) is 13.3 Å². The van der Waals surface area contributed by atoms with Crippen molar-refractivity contribution in [2.24, 2.45) is 5.73 Å². The third-order valence-electron chi connectivity index (χ3n) is 0.697. The molecule has 7 heavy (non-hydrogen) atoms. The Bertz CT molecular complexity index is 20.0. The van der Waals surface area contributed by atoms with Gasteiger partial charge in [0, 0.05) is 31.1 Å². The van der Waals surface area contributed by atoms with Gasteiger partial charge in [0.15, 0.2) is 0 Å². The Hall–Kier alpha value is 1.01. The summed E-state index contributed by atoms with van der Waals surface area (Å²) in [6, 6.07) is 0. The van der Waals surface area contributed by atoms with Gasteiger partial charge in [-0.25, -0.2) is 0 Å². The monoisotopic (exact) mass is 324 g/mol. The SMILES string of the molecule is C[CH-]CCCN.[U]. The van der Waals surface area contributed by atoms with Crippen LogP contribution in [-0.4, -0.2) is 6.54 Å². The first-order valence-corrected chi connectivity index (χ1v) is 2.39. The number of hydrogen-bond donors (Lipinski definition) is 1. The van der Waals surface area contributed by atoms with E-state index in [1.165, 1.54) is 0 Å². The van der Waals surface area contributed by atoms with E-state index >= 15 is 0 Å². The van der Waals surface area contributed by atoms with Gasteiger partial charge in [-0.2, -0.15) is 13.3 Å². The molecule has 2 heteroatoms. The molecular weight excluding hydrogens is 312 g/mol. The second-order valence-electron chi connectivity index (χ2n) is 1.34. The molecule has 0 unspecified atom stereocenters. The van der Waals surface area contributed by atoms with Gasteiger partial charge in [0.05, 0.1) is 0 Å². The third kappa shape index (κ3) is 10.9. The molecule has 0 atom stereocenters. The van der Waals surface area contributed by atoms with Gasteiger partial charge in [0.1, 0.15) is 0 Å². The van der Waals surface area contributed by atoms with Gasteiger partial charge in [0.25, 0.3) is 0 Å². The molecule has 0 aliphatic rings. The van der Waals surface area contributed by atoms with E-state index in [-0.39, 0.29) is 31.1 Å². The Labute approximate surface area is 69.4 Å². The summed E-state index contributed by atoms with van der Waals surface area (Å²) >= 11 is 0. The largest absolute Gasteiger partial charge is 0.331 e. The van der Waals surface area contributed by atoms with E-state index in [4.69, 9.17) is 5.73 Å². The van der Waals surface area contributed by atoms with Crippen molar-refractivity contribution in [3.8, 4) is 0 Å². The summed E-state index contributed by atoms with van der Waals surface area (Å²) in [7, 11) is 0. The van der Waals surface area contributed by atoms with Gasteiger partial charge in [-0.05, 0) is 6.54 Å². The Morgan fingerprint density at radius 3 is 2.29 bits per heavy atom. The van der Waals surface area contributed by atoms with Crippen molar-refractivity contribution in [3.63, 3.8) is 0 Å². The van der Waals surface area contributed by atoms with Crippen LogP contribution in [0.5, 0.6) is 0 Å². The Morgan fingerprint density at radius 1 is 1.57 bits per heavy atom. The van der Waals surface area contributed by atoms with Gasteiger partial charge in [-0.15, -0.1) is 0 Å². The van der Waals surface area contributed by atoms with Crippen LogP contribution in [0.2, 0.25) is 0 Å². The molecule has 0 rings (SSSR count). The summed E-state index contributed by atoms with van der Waals surface area (Å²) in [5, 5.41) is 0. The van der Waals surface area contributed by atoms with Crippen LogP contribution in [0.3, 0.4) is 0 Å². The first-order chi connectivity index (χ1) is 2.91. The predicted octanol–water partition coefficient (Wildman–Crippen LogP) is 0.949. The molecule has 0 aromatic rings. The van der Waals surface area contributed by atoms with Crippen molar-refractivity contribution in [3.05, 3.63) is 6.42 Å². The maximum Gasteiger partial charge on any atom is 0 e. The first kappa shape index (κ1) is 10.9. The minimum absolute atomic E-state index is 0. The number of nitrogens with two attached hydrogens (primary N) is 1. The van der Waals surface area contributed by atoms with E-state index in [9.17, 15) is 0 Å². The summed E-state index contributed by atoms with van der Waals surface area (Å²) in [4.78, 5) is 0. The molecule has 1 nitrogen and oxygen atoms in total. The van der Waals surface area contributed by atoms with Crippen LogP contribution in [0.15, 0.2) is 0 Å². The van der Waals surface area contributed by atoms with Crippen LogP contribution in [0.25, 0.3) is 0 Å². The molecule has 2 N–H and O–H groups in total. The van der Waals surface area contributed by atoms with Gasteiger partial charge >= 0.3 is 0 Å². The van der Waals surface area contributed by atoms with E-state index < -0.39 is 0 Å². The Balaban J connectivity index is 0. The van der Waals surface area contributed by atoms with Crippen LogP contribution in [0.4, 0.5) is 0 Å². The topological polar surface area (TPSA) is 26.0 Å². The van der Waals surface area contributed by atoms with Crippen molar-refractivity contribution in [1.82, 2.24) is 0 Å². The number of rotatable bonds is 3. The first-order valence-electron chi connectivity index (χ1n) is 2.39. The normalized spacial score (nSPS) is 7.71. The van der Waals surface area contributed by atoms with Crippen LogP contribution in [-0.2, 0) is 0 Å². The standard InChI is InChI=1S/C5H12N.U/c1-2-3-4-5-6;/h2H,3-6H2,1H3;/q-1;. The summed E-state index contributed by atoms with van der Waals surface area (Å²) in [5.41, 5.74) is 5.19. The Morgan fingerprint density at radius 2 is 2.14 bits per heavy atom. The molecule has 0 aromatic heterocycles. The van der Waals surface area contributed by atoms with Crippen LogP contribution in [0.1, 0.15) is 19.8 Å². The van der Waals surface area contributed by atoms with E-state index in [1.807, 2.05) is 0 Å². The van der Waals surface area contributed by atoms with Gasteiger partial charge in [-0.1, -0.05) is 6.42 Å². The smallest absolute Gasteiger partial charge is 0 e. The van der Waals surface area contributed by atoms with Crippen LogP contribution < -0.4 is 5.73 Å². The fourth-order valence-electron chi connectivity index (χ4n) is 0.322. The Kier molecular flexibility index (Phi) is 15.7. The van der Waals surface area contributed by atoms with Crippen molar-refractivity contribution < 1.29 is 31.1 Å². The van der Waals surface area contributed by atoms with Crippen molar-refractivity contribution in [2.45, 2.75) is 19.8 Å². The maximum absolute atomic E-state index is 5.19. The number of hydrogen-bond acceptors (Lipinski definition) is 1. The zero-order chi connectivity index (χ0) is 4.83. The molecule has 0 aliphatic heterocycles. The third-order valence-corrected chi connectivity index (χ3v) is 0.697. The van der Waals surface area contributed by atoms with Crippen molar-refractivity contribution in [1.29, 1.82) is 0 Å². The summed E-state index contributed by atoms with van der Waals surface area (Å²) in [5.74, 6) is 0. The molecule has 0 amide bonds. The van der Waals surface area contributed by atoms with Gasteiger partial charge in [0.2, 0.25) is 0 Å². The molecule has 0 aliphatic carbocycles. The molecule has 0 saturated heterocycles.